The highest BCUT2D eigenvalue weighted by Gasteiger charge is 2.40. The summed E-state index contributed by atoms with van der Waals surface area (Å²) in [5.74, 6) is -1.05. The van der Waals surface area contributed by atoms with Crippen LogP contribution in [0.1, 0.15) is 18.1 Å². The average Bonchev–Trinajstić information content (AvgIpc) is 2.27. The van der Waals surface area contributed by atoms with E-state index in [4.69, 9.17) is 0 Å². The van der Waals surface area contributed by atoms with Crippen LogP contribution in [0.2, 0.25) is 0 Å². The van der Waals surface area contributed by atoms with Gasteiger partial charge in [-0.3, -0.25) is 4.79 Å². The quantitative estimate of drug-likeness (QED) is 0.781. The van der Waals surface area contributed by atoms with Gasteiger partial charge in [0.1, 0.15) is 0 Å². The van der Waals surface area contributed by atoms with Crippen molar-refractivity contribution in [2.45, 2.75) is 19.4 Å². The fourth-order valence-electron chi connectivity index (χ4n) is 1.68. The van der Waals surface area contributed by atoms with E-state index in [2.05, 4.69) is 0 Å². The maximum absolute atomic E-state index is 11.4. The molecule has 1 atom stereocenters. The molecule has 0 aromatic heterocycles. The fourth-order valence-corrected chi connectivity index (χ4v) is 1.68. The van der Waals surface area contributed by atoms with Crippen LogP contribution < -0.4 is 0 Å². The first-order valence-corrected chi connectivity index (χ1v) is 4.92. The SMILES string of the molecule is Cc1ccccc1C(C)(C(=O)O)N(C)C=O. The summed E-state index contributed by atoms with van der Waals surface area (Å²) in [6, 6.07) is 7.16. The topological polar surface area (TPSA) is 57.6 Å². The lowest BCUT2D eigenvalue weighted by Crippen LogP contribution is -2.47. The van der Waals surface area contributed by atoms with Crippen molar-refractivity contribution in [1.29, 1.82) is 0 Å². The van der Waals surface area contributed by atoms with Crippen LogP contribution in [-0.4, -0.2) is 29.4 Å². The minimum absolute atomic E-state index is 0.528. The second-order valence-electron chi connectivity index (χ2n) is 3.91. The first-order chi connectivity index (χ1) is 7.44. The Bertz CT molecular complexity index is 416. The molecule has 1 N–H and O–H groups in total. The number of carboxylic acid groups (broad SMARTS) is 1. The van der Waals surface area contributed by atoms with E-state index in [0.29, 0.717) is 12.0 Å². The van der Waals surface area contributed by atoms with Crippen molar-refractivity contribution in [2.75, 3.05) is 7.05 Å². The summed E-state index contributed by atoms with van der Waals surface area (Å²) in [6.45, 7) is 3.35. The van der Waals surface area contributed by atoms with E-state index in [1.54, 1.807) is 12.1 Å². The van der Waals surface area contributed by atoms with Gasteiger partial charge in [0.15, 0.2) is 5.54 Å². The molecule has 0 saturated heterocycles. The monoisotopic (exact) mass is 221 g/mol. The van der Waals surface area contributed by atoms with Gasteiger partial charge in [-0.1, -0.05) is 24.3 Å². The van der Waals surface area contributed by atoms with Gasteiger partial charge in [0.25, 0.3) is 0 Å². The van der Waals surface area contributed by atoms with E-state index in [-0.39, 0.29) is 0 Å². The van der Waals surface area contributed by atoms with Crippen LogP contribution in [-0.2, 0) is 15.1 Å². The van der Waals surface area contributed by atoms with Crippen molar-refractivity contribution < 1.29 is 14.7 Å². The molecule has 1 aromatic rings. The van der Waals surface area contributed by atoms with Crippen LogP contribution in [0.4, 0.5) is 0 Å². The van der Waals surface area contributed by atoms with Crippen molar-refractivity contribution in [1.82, 2.24) is 4.90 Å². The Morgan fingerprint density at radius 1 is 1.44 bits per heavy atom. The number of amides is 1. The van der Waals surface area contributed by atoms with E-state index in [0.717, 1.165) is 10.5 Å². The molecular weight excluding hydrogens is 206 g/mol. The zero-order chi connectivity index (χ0) is 12.3. The van der Waals surface area contributed by atoms with Crippen molar-refractivity contribution in [3.05, 3.63) is 35.4 Å². The number of carbonyl (C=O) groups is 2. The van der Waals surface area contributed by atoms with Gasteiger partial charge in [0.2, 0.25) is 6.41 Å². The molecule has 16 heavy (non-hydrogen) atoms. The fraction of sp³-hybridized carbons (Fsp3) is 0.333. The van der Waals surface area contributed by atoms with Crippen LogP contribution in [0, 0.1) is 6.92 Å². The van der Waals surface area contributed by atoms with Crippen molar-refractivity contribution in [3.63, 3.8) is 0 Å². The van der Waals surface area contributed by atoms with Gasteiger partial charge < -0.3 is 10.0 Å². The van der Waals surface area contributed by atoms with Crippen molar-refractivity contribution in [2.24, 2.45) is 0 Å². The number of hydrogen-bond acceptors (Lipinski definition) is 2. The van der Waals surface area contributed by atoms with Crippen LogP contribution in [0.3, 0.4) is 0 Å². The van der Waals surface area contributed by atoms with Gasteiger partial charge >= 0.3 is 5.97 Å². The summed E-state index contributed by atoms with van der Waals surface area (Å²) >= 11 is 0. The number of hydrogen-bond donors (Lipinski definition) is 1. The lowest BCUT2D eigenvalue weighted by atomic mass is 9.87. The number of aliphatic carboxylic acids is 1. The van der Waals surface area contributed by atoms with E-state index in [1.165, 1.54) is 14.0 Å². The Kier molecular flexibility index (Phi) is 3.32. The lowest BCUT2D eigenvalue weighted by molar-refractivity contribution is -0.153. The Morgan fingerprint density at radius 2 is 2.00 bits per heavy atom. The van der Waals surface area contributed by atoms with Gasteiger partial charge in [-0.15, -0.1) is 0 Å². The summed E-state index contributed by atoms with van der Waals surface area (Å²) < 4.78 is 0. The molecule has 1 unspecified atom stereocenters. The Hall–Kier alpha value is -1.84. The summed E-state index contributed by atoms with van der Waals surface area (Å²) in [4.78, 5) is 23.3. The van der Waals surface area contributed by atoms with Gasteiger partial charge in [-0.25, -0.2) is 4.79 Å². The largest absolute Gasteiger partial charge is 0.479 e. The van der Waals surface area contributed by atoms with Crippen LogP contribution in [0.5, 0.6) is 0 Å². The number of likely N-dealkylation sites (N-methyl/N-ethyl adjacent to an activating group) is 1. The highest BCUT2D eigenvalue weighted by atomic mass is 16.4. The van der Waals surface area contributed by atoms with E-state index in [1.807, 2.05) is 19.1 Å². The normalized spacial score (nSPS) is 13.9. The minimum Gasteiger partial charge on any atom is -0.479 e. The van der Waals surface area contributed by atoms with Gasteiger partial charge in [-0.05, 0) is 25.0 Å². The highest BCUT2D eigenvalue weighted by Crippen LogP contribution is 2.29. The molecular formula is C12H15NO3. The standard InChI is InChI=1S/C12H15NO3/c1-9-6-4-5-7-10(9)12(2,11(15)16)13(3)8-14/h4-8H,1-3H3,(H,15,16). The molecule has 4 nitrogen and oxygen atoms in total. The Morgan fingerprint density at radius 3 is 2.44 bits per heavy atom. The maximum atomic E-state index is 11.4. The molecule has 1 amide bonds. The van der Waals surface area contributed by atoms with E-state index >= 15 is 0 Å². The molecule has 86 valence electrons. The molecule has 1 aromatic carbocycles. The molecule has 0 aliphatic rings. The van der Waals surface area contributed by atoms with Crippen LogP contribution in [0.15, 0.2) is 24.3 Å². The van der Waals surface area contributed by atoms with Gasteiger partial charge in [0.05, 0.1) is 0 Å². The lowest BCUT2D eigenvalue weighted by Gasteiger charge is -2.33. The minimum atomic E-state index is -1.33. The number of aryl methyl sites for hydroxylation is 1. The predicted molar refractivity (Wildman–Crippen MR) is 60.0 cm³/mol. The number of carbonyl (C=O) groups excluding carboxylic acids is 1. The molecule has 0 aliphatic heterocycles. The first-order valence-electron chi connectivity index (χ1n) is 4.92. The summed E-state index contributed by atoms with van der Waals surface area (Å²) in [7, 11) is 1.47. The number of rotatable bonds is 4. The molecule has 0 aliphatic carbocycles. The van der Waals surface area contributed by atoms with Crippen LogP contribution >= 0.6 is 0 Å². The third-order valence-corrected chi connectivity index (χ3v) is 2.95. The third kappa shape index (κ3) is 1.78. The second-order valence-corrected chi connectivity index (χ2v) is 3.91. The molecule has 4 heteroatoms. The first kappa shape index (κ1) is 12.2. The zero-order valence-corrected chi connectivity index (χ0v) is 9.60. The molecule has 1 rings (SSSR count). The summed E-state index contributed by atoms with van der Waals surface area (Å²) in [6.07, 6.45) is 0.528. The zero-order valence-electron chi connectivity index (χ0n) is 9.60. The smallest absolute Gasteiger partial charge is 0.334 e. The molecule has 0 bridgehead atoms. The van der Waals surface area contributed by atoms with Crippen molar-refractivity contribution in [3.8, 4) is 0 Å². The molecule has 0 spiro atoms. The summed E-state index contributed by atoms with van der Waals surface area (Å²) in [5, 5.41) is 9.31. The van der Waals surface area contributed by atoms with Crippen LogP contribution in [0.25, 0.3) is 0 Å². The second kappa shape index (κ2) is 4.35. The number of nitrogens with zero attached hydrogens (tertiary/aromatic N) is 1. The van der Waals surface area contributed by atoms with Crippen molar-refractivity contribution >= 4 is 12.4 Å². The van der Waals surface area contributed by atoms with E-state index < -0.39 is 11.5 Å². The predicted octanol–water partition coefficient (Wildman–Crippen LogP) is 1.38. The third-order valence-electron chi connectivity index (χ3n) is 2.95. The molecule has 0 saturated carbocycles. The summed E-state index contributed by atoms with van der Waals surface area (Å²) in [5.41, 5.74) is 0.144. The average molecular weight is 221 g/mol. The molecule has 0 fully saturated rings. The Balaban J connectivity index is 3.39. The highest BCUT2D eigenvalue weighted by molar-refractivity contribution is 5.83. The van der Waals surface area contributed by atoms with Gasteiger partial charge in [-0.2, -0.15) is 0 Å². The Labute approximate surface area is 94.5 Å². The number of benzene rings is 1. The number of carboxylic acids is 1. The molecule has 0 heterocycles. The molecule has 0 radical (unpaired) electrons. The maximum Gasteiger partial charge on any atom is 0.334 e. The van der Waals surface area contributed by atoms with E-state index in [9.17, 15) is 14.7 Å². The van der Waals surface area contributed by atoms with Gasteiger partial charge in [0, 0.05) is 7.05 Å².